The highest BCUT2D eigenvalue weighted by Crippen LogP contribution is 2.21. The first-order chi connectivity index (χ1) is 13.2. The van der Waals surface area contributed by atoms with Gasteiger partial charge in [0, 0.05) is 44.0 Å². The van der Waals surface area contributed by atoms with E-state index in [0.717, 1.165) is 35.2 Å². The summed E-state index contributed by atoms with van der Waals surface area (Å²) in [6.45, 7) is 4.02. The monoisotopic (exact) mass is 519 g/mol. The Morgan fingerprint density at radius 2 is 2.32 bits per heavy atom. The number of benzene rings is 1. The molecule has 2 heterocycles. The highest BCUT2D eigenvalue weighted by atomic mass is 127. The van der Waals surface area contributed by atoms with Crippen LogP contribution in [0.15, 0.2) is 41.7 Å². The van der Waals surface area contributed by atoms with Crippen LogP contribution in [0.2, 0.25) is 5.02 Å². The summed E-state index contributed by atoms with van der Waals surface area (Å²) in [7, 11) is 3.71. The lowest BCUT2D eigenvalue weighted by atomic mass is 10.1. The number of aromatic nitrogens is 2. The number of guanidine groups is 1. The minimum atomic E-state index is 0. The van der Waals surface area contributed by atoms with Crippen LogP contribution in [0, 0.1) is 0 Å². The van der Waals surface area contributed by atoms with E-state index in [9.17, 15) is 0 Å². The van der Waals surface area contributed by atoms with Gasteiger partial charge < -0.3 is 19.7 Å². The third-order valence-electron chi connectivity index (χ3n) is 4.36. The minimum Gasteiger partial charge on any atom is -0.375 e. The number of hydrogen-bond acceptors (Lipinski definition) is 4. The molecule has 1 unspecified atom stereocenters. The van der Waals surface area contributed by atoms with Crippen molar-refractivity contribution in [1.29, 1.82) is 0 Å². The fraction of sp³-hybridized carbons (Fsp3) is 0.474. The van der Waals surface area contributed by atoms with E-state index in [4.69, 9.17) is 21.1 Å². The van der Waals surface area contributed by atoms with E-state index in [0.29, 0.717) is 26.4 Å². The molecule has 1 atom stereocenters. The summed E-state index contributed by atoms with van der Waals surface area (Å²) in [6, 6.07) is 7.71. The number of rotatable bonds is 6. The first-order valence-electron chi connectivity index (χ1n) is 9.03. The summed E-state index contributed by atoms with van der Waals surface area (Å²) in [6.07, 6.45) is 3.85. The second kappa shape index (κ2) is 11.6. The average Bonchev–Trinajstić information content (AvgIpc) is 3.11. The molecule has 1 aromatic heterocycles. The van der Waals surface area contributed by atoms with Crippen LogP contribution < -0.4 is 5.32 Å². The molecule has 1 aliphatic heterocycles. The molecule has 1 aromatic carbocycles. The van der Waals surface area contributed by atoms with Crippen molar-refractivity contribution in [3.63, 3.8) is 0 Å². The molecule has 154 valence electrons. The van der Waals surface area contributed by atoms with Crippen LogP contribution in [0.4, 0.5) is 0 Å². The average molecular weight is 520 g/mol. The Morgan fingerprint density at radius 1 is 1.46 bits per heavy atom. The van der Waals surface area contributed by atoms with Gasteiger partial charge in [0.25, 0.3) is 0 Å². The Balaban J connectivity index is 0.00000280. The number of hydrogen-bond donors (Lipinski definition) is 1. The van der Waals surface area contributed by atoms with Gasteiger partial charge in [-0.3, -0.25) is 9.67 Å². The van der Waals surface area contributed by atoms with Crippen LogP contribution >= 0.6 is 35.6 Å². The number of halogens is 2. The van der Waals surface area contributed by atoms with E-state index in [1.165, 1.54) is 0 Å². The van der Waals surface area contributed by atoms with Gasteiger partial charge in [0.05, 0.1) is 32.6 Å². The lowest BCUT2D eigenvalue weighted by Crippen LogP contribution is -2.48. The quantitative estimate of drug-likeness (QED) is 0.275. The van der Waals surface area contributed by atoms with Gasteiger partial charge in [-0.15, -0.1) is 24.0 Å². The molecule has 0 radical (unpaired) electrons. The number of nitrogens with one attached hydrogen (secondary N) is 1. The Labute approximate surface area is 188 Å². The van der Waals surface area contributed by atoms with E-state index in [1.807, 2.05) is 43.7 Å². The van der Waals surface area contributed by atoms with Gasteiger partial charge in [-0.1, -0.05) is 23.7 Å². The maximum absolute atomic E-state index is 5.98. The second-order valence-electron chi connectivity index (χ2n) is 6.41. The molecular formula is C19H27ClIN5O2. The molecule has 0 aliphatic carbocycles. The van der Waals surface area contributed by atoms with Gasteiger partial charge in [0.2, 0.25) is 0 Å². The van der Waals surface area contributed by atoms with Crippen LogP contribution in [-0.4, -0.2) is 60.5 Å². The lowest BCUT2D eigenvalue weighted by molar-refractivity contribution is -0.00816. The fourth-order valence-corrected chi connectivity index (χ4v) is 3.25. The third-order valence-corrected chi connectivity index (χ3v) is 4.60. The van der Waals surface area contributed by atoms with Crippen LogP contribution in [0.25, 0.3) is 0 Å². The summed E-state index contributed by atoms with van der Waals surface area (Å²) >= 11 is 5.98. The van der Waals surface area contributed by atoms with E-state index < -0.39 is 0 Å². The highest BCUT2D eigenvalue weighted by Gasteiger charge is 2.24. The summed E-state index contributed by atoms with van der Waals surface area (Å²) in [4.78, 5) is 6.60. The van der Waals surface area contributed by atoms with Crippen LogP contribution in [0.3, 0.4) is 0 Å². The van der Waals surface area contributed by atoms with Crippen LogP contribution in [-0.2, 0) is 23.1 Å². The first kappa shape index (κ1) is 22.9. The molecular weight excluding hydrogens is 493 g/mol. The van der Waals surface area contributed by atoms with Gasteiger partial charge in [-0.05, 0) is 17.7 Å². The zero-order chi connectivity index (χ0) is 19.1. The van der Waals surface area contributed by atoms with E-state index in [-0.39, 0.29) is 30.1 Å². The standard InChI is InChI=1S/C19H26ClN5O2.HI/c1-21-19(22-6-8-26-14-15-4-3-5-17(20)10-15)25-7-9-27-18(13-25)16-11-23-24(2)12-16;/h3-5,10-12,18H,6-9,13-14H2,1-2H3,(H,21,22);1H. The van der Waals surface area contributed by atoms with Gasteiger partial charge >= 0.3 is 0 Å². The third kappa shape index (κ3) is 6.61. The Morgan fingerprint density at radius 3 is 3.04 bits per heavy atom. The Bertz CT molecular complexity index is 770. The van der Waals surface area contributed by atoms with Crippen LogP contribution in [0.5, 0.6) is 0 Å². The van der Waals surface area contributed by atoms with E-state index in [2.05, 4.69) is 20.3 Å². The van der Waals surface area contributed by atoms with E-state index in [1.54, 1.807) is 11.7 Å². The minimum absolute atomic E-state index is 0. The number of nitrogens with zero attached hydrogens (tertiary/aromatic N) is 4. The van der Waals surface area contributed by atoms with Crippen molar-refractivity contribution in [1.82, 2.24) is 20.0 Å². The predicted octanol–water partition coefficient (Wildman–Crippen LogP) is 2.86. The second-order valence-corrected chi connectivity index (χ2v) is 6.85. The molecule has 2 aromatic rings. The maximum atomic E-state index is 5.98. The van der Waals surface area contributed by atoms with Gasteiger partial charge in [0.15, 0.2) is 5.96 Å². The molecule has 1 fully saturated rings. The molecule has 0 spiro atoms. The highest BCUT2D eigenvalue weighted by molar-refractivity contribution is 14.0. The zero-order valence-electron chi connectivity index (χ0n) is 16.2. The summed E-state index contributed by atoms with van der Waals surface area (Å²) in [5, 5.41) is 8.32. The number of ether oxygens (including phenoxy) is 2. The summed E-state index contributed by atoms with van der Waals surface area (Å²) in [5.41, 5.74) is 2.15. The molecule has 9 heteroatoms. The molecule has 0 saturated carbocycles. The zero-order valence-corrected chi connectivity index (χ0v) is 19.3. The largest absolute Gasteiger partial charge is 0.375 e. The molecule has 3 rings (SSSR count). The normalized spacial score (nSPS) is 17.3. The van der Waals surface area contributed by atoms with E-state index >= 15 is 0 Å². The SMILES string of the molecule is CN=C(NCCOCc1cccc(Cl)c1)N1CCOC(c2cnn(C)c2)C1.I. The number of aryl methyl sites for hydroxylation is 1. The van der Waals surface area contributed by atoms with Crippen LogP contribution in [0.1, 0.15) is 17.2 Å². The maximum Gasteiger partial charge on any atom is 0.193 e. The molecule has 0 bridgehead atoms. The molecule has 0 amide bonds. The molecule has 1 saturated heterocycles. The van der Waals surface area contributed by atoms with Gasteiger partial charge in [-0.25, -0.2) is 0 Å². The van der Waals surface area contributed by atoms with Crippen molar-refractivity contribution in [2.45, 2.75) is 12.7 Å². The molecule has 7 nitrogen and oxygen atoms in total. The summed E-state index contributed by atoms with van der Waals surface area (Å²) in [5.74, 6) is 0.860. The predicted molar refractivity (Wildman–Crippen MR) is 121 cm³/mol. The lowest BCUT2D eigenvalue weighted by Gasteiger charge is -2.34. The van der Waals surface area contributed by atoms with Crippen molar-refractivity contribution in [3.8, 4) is 0 Å². The first-order valence-corrected chi connectivity index (χ1v) is 9.41. The number of aliphatic imine (C=N–C) groups is 1. The van der Waals surface area contributed by atoms with Crippen molar-refractivity contribution in [2.24, 2.45) is 12.0 Å². The topological polar surface area (TPSA) is 63.9 Å². The fourth-order valence-electron chi connectivity index (χ4n) is 3.03. The van der Waals surface area contributed by atoms with Crippen molar-refractivity contribution in [2.75, 3.05) is 39.9 Å². The van der Waals surface area contributed by atoms with Crippen molar-refractivity contribution < 1.29 is 9.47 Å². The molecule has 28 heavy (non-hydrogen) atoms. The summed E-state index contributed by atoms with van der Waals surface area (Å²) < 4.78 is 13.4. The van der Waals surface area contributed by atoms with Gasteiger partial charge in [0.1, 0.15) is 6.10 Å². The Kier molecular flexibility index (Phi) is 9.49. The molecule has 1 aliphatic rings. The molecule has 1 N–H and O–H groups in total. The van der Waals surface area contributed by atoms with Crippen molar-refractivity contribution in [3.05, 3.63) is 52.8 Å². The number of morpholine rings is 1. The Hall–Kier alpha value is -1.36. The van der Waals surface area contributed by atoms with Crippen molar-refractivity contribution >= 4 is 41.5 Å². The van der Waals surface area contributed by atoms with Gasteiger partial charge in [-0.2, -0.15) is 5.10 Å². The smallest absolute Gasteiger partial charge is 0.193 e.